The molecule has 0 aromatic heterocycles. The third kappa shape index (κ3) is 5.08. The van der Waals surface area contributed by atoms with E-state index in [4.69, 9.17) is 0 Å². The number of hydrogen-bond acceptors (Lipinski definition) is 5. The first-order chi connectivity index (χ1) is 14.2. The number of rotatable bonds is 5. The molecule has 7 nitrogen and oxygen atoms in total. The van der Waals surface area contributed by atoms with Crippen molar-refractivity contribution in [1.29, 1.82) is 0 Å². The molecule has 0 unspecified atom stereocenters. The monoisotopic (exact) mass is 399 g/mol. The van der Waals surface area contributed by atoms with Crippen LogP contribution in [-0.2, 0) is 9.59 Å². The minimum absolute atomic E-state index is 0.0719. The number of piperazine rings is 1. The van der Waals surface area contributed by atoms with Crippen molar-refractivity contribution in [3.63, 3.8) is 0 Å². The number of amides is 2. The molecule has 7 heteroatoms. The van der Waals surface area contributed by atoms with Crippen molar-refractivity contribution in [1.82, 2.24) is 20.7 Å². The van der Waals surface area contributed by atoms with Crippen LogP contribution in [0.5, 0.6) is 0 Å². The van der Waals surface area contributed by atoms with Crippen molar-refractivity contribution in [3.8, 4) is 0 Å². The van der Waals surface area contributed by atoms with Crippen LogP contribution in [0.4, 0.5) is 5.69 Å². The van der Waals surface area contributed by atoms with E-state index < -0.39 is 0 Å². The van der Waals surface area contributed by atoms with Gasteiger partial charge in [-0.2, -0.15) is 0 Å². The minimum atomic E-state index is 0.0719. The summed E-state index contributed by atoms with van der Waals surface area (Å²) in [6.07, 6.45) is 3.63. The molecule has 1 aromatic rings. The smallest absolute Gasteiger partial charge is 0.228 e. The second kappa shape index (κ2) is 9.59. The maximum atomic E-state index is 12.7. The number of anilines is 1. The number of carbonyl (C=O) groups is 2. The van der Waals surface area contributed by atoms with Gasteiger partial charge >= 0.3 is 0 Å². The SMILES string of the molecule is O=C(CCC1CCN(C(=O)C2CNNC2)CC1)N1CCN(c2ccccc2)CC1. The van der Waals surface area contributed by atoms with Crippen LogP contribution in [0.2, 0.25) is 0 Å². The van der Waals surface area contributed by atoms with Crippen molar-refractivity contribution < 1.29 is 9.59 Å². The van der Waals surface area contributed by atoms with E-state index in [0.717, 1.165) is 71.6 Å². The fourth-order valence-corrected chi connectivity index (χ4v) is 4.68. The first-order valence-electron chi connectivity index (χ1n) is 11.0. The molecule has 1 aromatic carbocycles. The van der Waals surface area contributed by atoms with Gasteiger partial charge in [-0.05, 0) is 37.3 Å². The Morgan fingerprint density at radius 2 is 1.52 bits per heavy atom. The number of piperidine rings is 1. The quantitative estimate of drug-likeness (QED) is 0.776. The van der Waals surface area contributed by atoms with Crippen molar-refractivity contribution >= 4 is 17.5 Å². The molecule has 0 saturated carbocycles. The standard InChI is InChI=1S/C22H33N5O2/c28-21(26-14-12-25(13-15-26)20-4-2-1-3-5-20)7-6-18-8-10-27(11-9-18)22(29)19-16-23-24-17-19/h1-5,18-19,23-24H,6-17H2. The molecule has 0 spiro atoms. The molecular formula is C22H33N5O2. The second-order valence-electron chi connectivity index (χ2n) is 8.47. The highest BCUT2D eigenvalue weighted by molar-refractivity contribution is 5.79. The highest BCUT2D eigenvalue weighted by atomic mass is 16.2. The van der Waals surface area contributed by atoms with Gasteiger partial charge in [0, 0.05) is 64.5 Å². The number of para-hydroxylation sites is 1. The van der Waals surface area contributed by atoms with Crippen LogP contribution in [0.3, 0.4) is 0 Å². The van der Waals surface area contributed by atoms with E-state index in [1.807, 2.05) is 15.9 Å². The van der Waals surface area contributed by atoms with Crippen LogP contribution < -0.4 is 15.8 Å². The summed E-state index contributed by atoms with van der Waals surface area (Å²) in [4.78, 5) is 31.5. The Morgan fingerprint density at radius 3 is 2.17 bits per heavy atom. The average molecular weight is 400 g/mol. The van der Waals surface area contributed by atoms with Gasteiger partial charge in [0.2, 0.25) is 11.8 Å². The van der Waals surface area contributed by atoms with Gasteiger partial charge in [0.05, 0.1) is 5.92 Å². The molecule has 3 aliphatic heterocycles. The molecule has 0 bridgehead atoms. The summed E-state index contributed by atoms with van der Waals surface area (Å²) >= 11 is 0. The summed E-state index contributed by atoms with van der Waals surface area (Å²) in [5, 5.41) is 0. The van der Waals surface area contributed by atoms with Gasteiger partial charge in [0.25, 0.3) is 0 Å². The Kier molecular flexibility index (Phi) is 6.67. The van der Waals surface area contributed by atoms with E-state index in [1.165, 1.54) is 5.69 Å². The molecule has 4 rings (SSSR count). The number of hydrazine groups is 1. The maximum absolute atomic E-state index is 12.7. The lowest BCUT2D eigenvalue weighted by atomic mass is 9.91. The lowest BCUT2D eigenvalue weighted by molar-refractivity contribution is -0.136. The Bertz CT molecular complexity index is 676. The zero-order valence-corrected chi connectivity index (χ0v) is 17.2. The lowest BCUT2D eigenvalue weighted by Crippen LogP contribution is -2.49. The van der Waals surface area contributed by atoms with Crippen LogP contribution in [0.15, 0.2) is 30.3 Å². The van der Waals surface area contributed by atoms with E-state index >= 15 is 0 Å². The van der Waals surface area contributed by atoms with E-state index in [1.54, 1.807) is 0 Å². The molecule has 2 N–H and O–H groups in total. The molecule has 3 fully saturated rings. The molecule has 0 atom stereocenters. The first kappa shape index (κ1) is 20.2. The lowest BCUT2D eigenvalue weighted by Gasteiger charge is -2.37. The minimum Gasteiger partial charge on any atom is -0.368 e. The van der Waals surface area contributed by atoms with Gasteiger partial charge in [-0.25, -0.2) is 0 Å². The van der Waals surface area contributed by atoms with E-state index in [-0.39, 0.29) is 11.8 Å². The predicted molar refractivity (Wildman–Crippen MR) is 113 cm³/mol. The highest BCUT2D eigenvalue weighted by Gasteiger charge is 2.30. The van der Waals surface area contributed by atoms with Crippen molar-refractivity contribution in [2.45, 2.75) is 25.7 Å². The normalized spacial score (nSPS) is 21.6. The zero-order valence-electron chi connectivity index (χ0n) is 17.2. The third-order valence-electron chi connectivity index (χ3n) is 6.62. The summed E-state index contributed by atoms with van der Waals surface area (Å²) in [5.74, 6) is 1.20. The summed E-state index contributed by atoms with van der Waals surface area (Å²) in [6, 6.07) is 10.4. The Balaban J connectivity index is 1.15. The largest absolute Gasteiger partial charge is 0.368 e. The van der Waals surface area contributed by atoms with Gasteiger partial charge in [0.1, 0.15) is 0 Å². The average Bonchev–Trinajstić information content (AvgIpc) is 3.33. The van der Waals surface area contributed by atoms with Crippen LogP contribution >= 0.6 is 0 Å². The number of likely N-dealkylation sites (tertiary alicyclic amines) is 1. The molecule has 158 valence electrons. The van der Waals surface area contributed by atoms with Gasteiger partial charge in [-0.1, -0.05) is 18.2 Å². The molecule has 0 aliphatic carbocycles. The van der Waals surface area contributed by atoms with Gasteiger partial charge in [-0.3, -0.25) is 20.4 Å². The van der Waals surface area contributed by atoms with Crippen LogP contribution in [0, 0.1) is 11.8 Å². The molecule has 29 heavy (non-hydrogen) atoms. The van der Waals surface area contributed by atoms with Crippen molar-refractivity contribution in [2.24, 2.45) is 11.8 Å². The van der Waals surface area contributed by atoms with Crippen LogP contribution in [-0.4, -0.2) is 74.0 Å². The number of carbonyl (C=O) groups excluding carboxylic acids is 2. The number of nitrogens with one attached hydrogen (secondary N) is 2. The van der Waals surface area contributed by atoms with Crippen LogP contribution in [0.25, 0.3) is 0 Å². The van der Waals surface area contributed by atoms with Crippen LogP contribution in [0.1, 0.15) is 25.7 Å². The summed E-state index contributed by atoms with van der Waals surface area (Å²) in [5.41, 5.74) is 7.31. The summed E-state index contributed by atoms with van der Waals surface area (Å²) in [6.45, 7) is 6.56. The van der Waals surface area contributed by atoms with E-state index in [2.05, 4.69) is 40.0 Å². The number of nitrogens with zero attached hydrogens (tertiary/aromatic N) is 3. The highest BCUT2D eigenvalue weighted by Crippen LogP contribution is 2.24. The molecule has 3 heterocycles. The van der Waals surface area contributed by atoms with Gasteiger partial charge in [-0.15, -0.1) is 0 Å². The van der Waals surface area contributed by atoms with E-state index in [9.17, 15) is 9.59 Å². The molecule has 3 aliphatic rings. The number of benzene rings is 1. The van der Waals surface area contributed by atoms with Crippen molar-refractivity contribution in [3.05, 3.63) is 30.3 Å². The predicted octanol–water partition coefficient (Wildman–Crippen LogP) is 1.08. The van der Waals surface area contributed by atoms with Crippen molar-refractivity contribution in [2.75, 3.05) is 57.3 Å². The maximum Gasteiger partial charge on any atom is 0.228 e. The Morgan fingerprint density at radius 1 is 0.862 bits per heavy atom. The Hall–Kier alpha value is -2.12. The second-order valence-corrected chi connectivity index (χ2v) is 8.47. The molecule has 3 saturated heterocycles. The topological polar surface area (TPSA) is 67.9 Å². The number of hydrogen-bond donors (Lipinski definition) is 2. The van der Waals surface area contributed by atoms with E-state index in [0.29, 0.717) is 18.2 Å². The molecule has 2 amide bonds. The third-order valence-corrected chi connectivity index (χ3v) is 6.62. The molecular weight excluding hydrogens is 366 g/mol. The van der Waals surface area contributed by atoms with Gasteiger partial charge < -0.3 is 14.7 Å². The summed E-state index contributed by atoms with van der Waals surface area (Å²) < 4.78 is 0. The first-order valence-corrected chi connectivity index (χ1v) is 11.0. The fourth-order valence-electron chi connectivity index (χ4n) is 4.68. The van der Waals surface area contributed by atoms with Gasteiger partial charge in [0.15, 0.2) is 0 Å². The Labute approximate surface area is 173 Å². The fraction of sp³-hybridized carbons (Fsp3) is 0.636. The summed E-state index contributed by atoms with van der Waals surface area (Å²) in [7, 11) is 0. The molecule has 0 radical (unpaired) electrons. The zero-order chi connectivity index (χ0) is 20.1.